The number of carboxylic acid groups (broad SMARTS) is 1. The van der Waals surface area contributed by atoms with Crippen LogP contribution in [0.15, 0.2) is 48.5 Å². The van der Waals surface area contributed by atoms with Gasteiger partial charge in [-0.15, -0.1) is 0 Å². The number of hydrogen-bond donors (Lipinski definition) is 2. The summed E-state index contributed by atoms with van der Waals surface area (Å²) < 4.78 is 5.22. The molecule has 2 unspecified atom stereocenters. The molecule has 6 heteroatoms. The first kappa shape index (κ1) is 19.7. The number of carbonyl (C=O) groups is 1. The molecular formula is C21H24ClNO4. The zero-order chi connectivity index (χ0) is 19.4. The quantitative estimate of drug-likeness (QED) is 0.783. The highest BCUT2D eigenvalue weighted by molar-refractivity contribution is 6.30. The van der Waals surface area contributed by atoms with Gasteiger partial charge in [0.05, 0.1) is 13.2 Å². The summed E-state index contributed by atoms with van der Waals surface area (Å²) in [6, 6.07) is 13.7. The largest absolute Gasteiger partial charge is 0.497 e. The van der Waals surface area contributed by atoms with Gasteiger partial charge in [0.2, 0.25) is 0 Å². The molecule has 0 aromatic heterocycles. The number of aliphatic hydroxyl groups is 1. The fourth-order valence-electron chi connectivity index (χ4n) is 3.75. The highest BCUT2D eigenvalue weighted by Gasteiger charge is 2.33. The number of benzene rings is 2. The number of piperidine rings is 1. The van der Waals surface area contributed by atoms with E-state index in [-0.39, 0.29) is 5.92 Å². The number of rotatable bonds is 6. The average Bonchev–Trinajstić information content (AvgIpc) is 2.68. The monoisotopic (exact) mass is 389 g/mol. The van der Waals surface area contributed by atoms with E-state index in [1.807, 2.05) is 23.1 Å². The molecule has 0 bridgehead atoms. The van der Waals surface area contributed by atoms with Gasteiger partial charge in [-0.3, -0.25) is 9.69 Å². The van der Waals surface area contributed by atoms with Crippen molar-refractivity contribution < 1.29 is 19.7 Å². The summed E-state index contributed by atoms with van der Waals surface area (Å²) in [5.41, 5.74) is 1.55. The molecular weight excluding hydrogens is 366 g/mol. The molecule has 1 aliphatic rings. The van der Waals surface area contributed by atoms with Gasteiger partial charge in [-0.2, -0.15) is 0 Å². The summed E-state index contributed by atoms with van der Waals surface area (Å²) in [4.78, 5) is 13.9. The van der Waals surface area contributed by atoms with Crippen molar-refractivity contribution in [1.29, 1.82) is 0 Å². The van der Waals surface area contributed by atoms with E-state index >= 15 is 0 Å². The van der Waals surface area contributed by atoms with Crippen molar-refractivity contribution in [2.75, 3.05) is 20.2 Å². The first-order chi connectivity index (χ1) is 13.0. The molecule has 0 aliphatic carbocycles. The number of hydrogen-bond acceptors (Lipinski definition) is 4. The van der Waals surface area contributed by atoms with Crippen LogP contribution in [0.4, 0.5) is 0 Å². The molecule has 2 aromatic carbocycles. The maximum Gasteiger partial charge on any atom is 0.325 e. The van der Waals surface area contributed by atoms with Gasteiger partial charge in [0.15, 0.2) is 0 Å². The topological polar surface area (TPSA) is 70.0 Å². The standard InChI is InChI=1S/C21H24ClNO4/c1-27-18-4-2-3-16(13-18)19(21(25)26)23-11-9-15(10-12-23)20(24)14-5-7-17(22)8-6-14/h2-8,13,15,19-20,24H,9-12H2,1H3,(H,25,26). The Labute approximate surface area is 164 Å². The summed E-state index contributed by atoms with van der Waals surface area (Å²) in [5.74, 6) is -0.131. The van der Waals surface area contributed by atoms with E-state index < -0.39 is 18.1 Å². The Morgan fingerprint density at radius 1 is 1.15 bits per heavy atom. The Morgan fingerprint density at radius 3 is 2.41 bits per heavy atom. The Morgan fingerprint density at radius 2 is 1.81 bits per heavy atom. The van der Waals surface area contributed by atoms with Crippen molar-refractivity contribution in [3.63, 3.8) is 0 Å². The van der Waals surface area contributed by atoms with Crippen LogP contribution in [-0.4, -0.2) is 41.3 Å². The van der Waals surface area contributed by atoms with Gasteiger partial charge in [0.25, 0.3) is 0 Å². The lowest BCUT2D eigenvalue weighted by Gasteiger charge is -2.37. The normalized spacial score (nSPS) is 18.0. The molecule has 144 valence electrons. The van der Waals surface area contributed by atoms with Crippen molar-refractivity contribution >= 4 is 17.6 Å². The molecule has 0 amide bonds. The first-order valence-corrected chi connectivity index (χ1v) is 9.41. The average molecular weight is 390 g/mol. The van der Waals surface area contributed by atoms with Crippen LogP contribution in [0.2, 0.25) is 5.02 Å². The Hall–Kier alpha value is -2.08. The van der Waals surface area contributed by atoms with Gasteiger partial charge in [0, 0.05) is 5.02 Å². The number of aliphatic carboxylic acids is 1. The van der Waals surface area contributed by atoms with Crippen LogP contribution >= 0.6 is 11.6 Å². The Bertz CT molecular complexity index is 772. The zero-order valence-corrected chi connectivity index (χ0v) is 16.0. The Balaban J connectivity index is 1.69. The number of halogens is 1. The summed E-state index contributed by atoms with van der Waals surface area (Å²) in [6.07, 6.45) is 0.902. The summed E-state index contributed by atoms with van der Waals surface area (Å²) in [6.45, 7) is 1.23. The minimum atomic E-state index is -0.875. The molecule has 1 aliphatic heterocycles. The molecule has 0 spiro atoms. The molecule has 2 N–H and O–H groups in total. The van der Waals surface area contributed by atoms with E-state index in [4.69, 9.17) is 16.3 Å². The first-order valence-electron chi connectivity index (χ1n) is 9.04. The lowest BCUT2D eigenvalue weighted by molar-refractivity contribution is -0.144. The number of nitrogens with zero attached hydrogens (tertiary/aromatic N) is 1. The van der Waals surface area contributed by atoms with Gasteiger partial charge in [-0.1, -0.05) is 35.9 Å². The summed E-state index contributed by atoms with van der Waals surface area (Å²) in [7, 11) is 1.57. The smallest absolute Gasteiger partial charge is 0.325 e. The maximum absolute atomic E-state index is 11.9. The van der Waals surface area contributed by atoms with Crippen LogP contribution in [0.5, 0.6) is 5.75 Å². The van der Waals surface area contributed by atoms with E-state index in [1.54, 1.807) is 37.4 Å². The predicted octanol–water partition coefficient (Wildman–Crippen LogP) is 3.92. The van der Waals surface area contributed by atoms with Crippen molar-refractivity contribution in [2.45, 2.75) is 25.0 Å². The number of methoxy groups -OCH3 is 1. The van der Waals surface area contributed by atoms with E-state index in [1.165, 1.54) is 0 Å². The second-order valence-electron chi connectivity index (χ2n) is 6.89. The van der Waals surface area contributed by atoms with Gasteiger partial charge >= 0.3 is 5.97 Å². The predicted molar refractivity (Wildman–Crippen MR) is 104 cm³/mol. The number of likely N-dealkylation sites (tertiary alicyclic amines) is 1. The fraction of sp³-hybridized carbons (Fsp3) is 0.381. The molecule has 0 saturated carbocycles. The van der Waals surface area contributed by atoms with Crippen LogP contribution in [0.1, 0.15) is 36.1 Å². The third-order valence-corrected chi connectivity index (χ3v) is 5.49. The van der Waals surface area contributed by atoms with Crippen molar-refractivity contribution in [2.24, 2.45) is 5.92 Å². The van der Waals surface area contributed by atoms with E-state index in [9.17, 15) is 15.0 Å². The van der Waals surface area contributed by atoms with Crippen LogP contribution in [0.25, 0.3) is 0 Å². The van der Waals surface area contributed by atoms with Crippen molar-refractivity contribution in [3.8, 4) is 5.75 Å². The van der Waals surface area contributed by atoms with Gasteiger partial charge in [-0.25, -0.2) is 0 Å². The van der Waals surface area contributed by atoms with Gasteiger partial charge in [0.1, 0.15) is 11.8 Å². The lowest BCUT2D eigenvalue weighted by atomic mass is 9.86. The molecule has 2 aromatic rings. The Kier molecular flexibility index (Phi) is 6.37. The van der Waals surface area contributed by atoms with E-state index in [0.717, 1.165) is 18.4 Å². The highest BCUT2D eigenvalue weighted by Crippen LogP contribution is 2.34. The van der Waals surface area contributed by atoms with Crippen LogP contribution < -0.4 is 4.74 Å². The molecule has 1 saturated heterocycles. The third kappa shape index (κ3) is 4.61. The zero-order valence-electron chi connectivity index (χ0n) is 15.2. The maximum atomic E-state index is 11.9. The van der Waals surface area contributed by atoms with Crippen LogP contribution in [0.3, 0.4) is 0 Å². The SMILES string of the molecule is COc1cccc(C(C(=O)O)N2CCC(C(O)c3ccc(Cl)cc3)CC2)c1. The van der Waals surface area contributed by atoms with Crippen LogP contribution in [0, 0.1) is 5.92 Å². The number of aliphatic hydroxyl groups excluding tert-OH is 1. The van der Waals surface area contributed by atoms with E-state index in [0.29, 0.717) is 29.4 Å². The molecule has 5 nitrogen and oxygen atoms in total. The molecule has 0 radical (unpaired) electrons. The summed E-state index contributed by atoms with van der Waals surface area (Å²) >= 11 is 5.91. The van der Waals surface area contributed by atoms with Crippen molar-refractivity contribution in [1.82, 2.24) is 4.90 Å². The molecule has 1 heterocycles. The van der Waals surface area contributed by atoms with Crippen molar-refractivity contribution in [3.05, 3.63) is 64.7 Å². The minimum Gasteiger partial charge on any atom is -0.497 e. The van der Waals surface area contributed by atoms with Gasteiger partial charge in [-0.05, 0) is 67.2 Å². The molecule has 3 rings (SSSR count). The number of ether oxygens (including phenoxy) is 1. The fourth-order valence-corrected chi connectivity index (χ4v) is 3.87. The second-order valence-corrected chi connectivity index (χ2v) is 7.32. The molecule has 1 fully saturated rings. The molecule has 2 atom stereocenters. The van der Waals surface area contributed by atoms with Gasteiger partial charge < -0.3 is 14.9 Å². The highest BCUT2D eigenvalue weighted by atomic mass is 35.5. The lowest BCUT2D eigenvalue weighted by Crippen LogP contribution is -2.41. The number of carboxylic acids is 1. The molecule has 27 heavy (non-hydrogen) atoms. The minimum absolute atomic E-state index is 0.0992. The third-order valence-electron chi connectivity index (χ3n) is 5.24. The van der Waals surface area contributed by atoms with E-state index in [2.05, 4.69) is 0 Å². The second kappa shape index (κ2) is 8.74. The van der Waals surface area contributed by atoms with Crippen LogP contribution in [-0.2, 0) is 4.79 Å². The summed E-state index contributed by atoms with van der Waals surface area (Å²) in [5, 5.41) is 21.1.